The van der Waals surface area contributed by atoms with E-state index in [9.17, 15) is 4.79 Å². The first-order valence-electron chi connectivity index (χ1n) is 8.65. The molecule has 0 bridgehead atoms. The minimum absolute atomic E-state index is 0.123. The second-order valence-corrected chi connectivity index (χ2v) is 6.14. The molecule has 1 aromatic rings. The standard InChI is InChI=1S/C18H30N4O/c1-15(17-3-5-18(6-4-17)16(2)23)22-13-11-20-9-7-19-8-10-21-12-14-22/h3-6,15,19-21H,7-14H2,1-2H3. The fourth-order valence-corrected chi connectivity index (χ4v) is 2.88. The van der Waals surface area contributed by atoms with E-state index >= 15 is 0 Å². The highest BCUT2D eigenvalue weighted by molar-refractivity contribution is 5.94. The van der Waals surface area contributed by atoms with Crippen molar-refractivity contribution in [1.82, 2.24) is 20.9 Å². The van der Waals surface area contributed by atoms with Gasteiger partial charge in [-0.25, -0.2) is 0 Å². The Kier molecular flexibility index (Phi) is 7.68. The van der Waals surface area contributed by atoms with Crippen LogP contribution in [-0.2, 0) is 0 Å². The van der Waals surface area contributed by atoms with Crippen LogP contribution in [0.25, 0.3) is 0 Å². The Hall–Kier alpha value is -1.27. The smallest absolute Gasteiger partial charge is 0.159 e. The van der Waals surface area contributed by atoms with Gasteiger partial charge < -0.3 is 16.0 Å². The van der Waals surface area contributed by atoms with E-state index < -0.39 is 0 Å². The number of carbonyl (C=O) groups excluding carboxylic acids is 1. The van der Waals surface area contributed by atoms with E-state index in [1.807, 2.05) is 12.1 Å². The Balaban J connectivity index is 1.97. The Bertz CT molecular complexity index is 462. The average Bonchev–Trinajstić information content (AvgIpc) is 2.55. The fraction of sp³-hybridized carbons (Fsp3) is 0.611. The van der Waals surface area contributed by atoms with Gasteiger partial charge in [-0.1, -0.05) is 24.3 Å². The monoisotopic (exact) mass is 318 g/mol. The zero-order valence-electron chi connectivity index (χ0n) is 14.4. The number of Topliss-reactive ketones (excluding diaryl/α,β-unsaturated/α-hetero) is 1. The molecule has 1 saturated heterocycles. The van der Waals surface area contributed by atoms with Gasteiger partial charge in [0, 0.05) is 64.0 Å². The number of nitrogens with one attached hydrogen (secondary N) is 3. The van der Waals surface area contributed by atoms with E-state index in [-0.39, 0.29) is 5.78 Å². The van der Waals surface area contributed by atoms with Crippen molar-refractivity contribution in [2.45, 2.75) is 19.9 Å². The summed E-state index contributed by atoms with van der Waals surface area (Å²) >= 11 is 0. The molecule has 1 fully saturated rings. The quantitative estimate of drug-likeness (QED) is 0.727. The van der Waals surface area contributed by atoms with Gasteiger partial charge >= 0.3 is 0 Å². The van der Waals surface area contributed by atoms with Crippen molar-refractivity contribution in [3.05, 3.63) is 35.4 Å². The third-order valence-electron chi connectivity index (χ3n) is 4.46. The van der Waals surface area contributed by atoms with E-state index in [0.29, 0.717) is 6.04 Å². The van der Waals surface area contributed by atoms with Crippen molar-refractivity contribution in [3.8, 4) is 0 Å². The molecule has 0 aromatic heterocycles. The molecule has 5 nitrogen and oxygen atoms in total. The summed E-state index contributed by atoms with van der Waals surface area (Å²) < 4.78 is 0. The SMILES string of the molecule is CC(=O)c1ccc(C(C)N2CCNCCNCCNCC2)cc1. The largest absolute Gasteiger partial charge is 0.314 e. The Morgan fingerprint density at radius 1 is 0.913 bits per heavy atom. The molecule has 1 aromatic carbocycles. The molecular weight excluding hydrogens is 288 g/mol. The molecule has 1 aliphatic rings. The molecule has 2 rings (SSSR count). The van der Waals surface area contributed by atoms with Crippen LogP contribution in [-0.4, -0.2) is 63.0 Å². The summed E-state index contributed by atoms with van der Waals surface area (Å²) in [6.07, 6.45) is 0. The Labute approximate surface area is 139 Å². The second kappa shape index (κ2) is 9.78. The predicted octanol–water partition coefficient (Wildman–Crippen LogP) is 1.03. The van der Waals surface area contributed by atoms with Crippen LogP contribution >= 0.6 is 0 Å². The van der Waals surface area contributed by atoms with E-state index in [4.69, 9.17) is 0 Å². The molecule has 23 heavy (non-hydrogen) atoms. The molecule has 3 N–H and O–H groups in total. The van der Waals surface area contributed by atoms with Crippen LogP contribution in [0.3, 0.4) is 0 Å². The zero-order chi connectivity index (χ0) is 16.5. The lowest BCUT2D eigenvalue weighted by Gasteiger charge is -2.30. The van der Waals surface area contributed by atoms with Gasteiger partial charge in [0.1, 0.15) is 0 Å². The topological polar surface area (TPSA) is 56.4 Å². The molecule has 1 unspecified atom stereocenters. The number of hydrogen-bond donors (Lipinski definition) is 3. The van der Waals surface area contributed by atoms with Crippen molar-refractivity contribution in [1.29, 1.82) is 0 Å². The maximum atomic E-state index is 11.4. The van der Waals surface area contributed by atoms with Gasteiger partial charge in [-0.15, -0.1) is 0 Å². The predicted molar refractivity (Wildman–Crippen MR) is 95.0 cm³/mol. The van der Waals surface area contributed by atoms with Gasteiger partial charge in [0.25, 0.3) is 0 Å². The molecule has 128 valence electrons. The van der Waals surface area contributed by atoms with Gasteiger partial charge in [-0.2, -0.15) is 0 Å². The van der Waals surface area contributed by atoms with E-state index in [0.717, 1.165) is 57.9 Å². The lowest BCUT2D eigenvalue weighted by atomic mass is 10.0. The van der Waals surface area contributed by atoms with Crippen LogP contribution in [0.1, 0.15) is 35.8 Å². The molecule has 0 radical (unpaired) electrons. The van der Waals surface area contributed by atoms with Gasteiger partial charge in [0.05, 0.1) is 0 Å². The van der Waals surface area contributed by atoms with Crippen molar-refractivity contribution in [3.63, 3.8) is 0 Å². The van der Waals surface area contributed by atoms with Crippen LogP contribution in [0.15, 0.2) is 24.3 Å². The first-order chi connectivity index (χ1) is 11.2. The summed E-state index contributed by atoms with van der Waals surface area (Å²) in [5.41, 5.74) is 2.05. The summed E-state index contributed by atoms with van der Waals surface area (Å²) in [5.74, 6) is 0.123. The van der Waals surface area contributed by atoms with Crippen molar-refractivity contribution in [2.24, 2.45) is 0 Å². The maximum absolute atomic E-state index is 11.4. The highest BCUT2D eigenvalue weighted by atomic mass is 16.1. The summed E-state index contributed by atoms with van der Waals surface area (Å²) in [4.78, 5) is 13.9. The van der Waals surface area contributed by atoms with Crippen molar-refractivity contribution < 1.29 is 4.79 Å². The van der Waals surface area contributed by atoms with Crippen LogP contribution in [0.2, 0.25) is 0 Å². The van der Waals surface area contributed by atoms with Gasteiger partial charge in [-0.05, 0) is 19.4 Å². The normalized spacial score (nSPS) is 20.3. The molecule has 0 aliphatic carbocycles. The molecule has 0 spiro atoms. The summed E-state index contributed by atoms with van der Waals surface area (Å²) in [7, 11) is 0. The van der Waals surface area contributed by atoms with Gasteiger partial charge in [-0.3, -0.25) is 9.69 Å². The number of rotatable bonds is 3. The zero-order valence-corrected chi connectivity index (χ0v) is 14.4. The van der Waals surface area contributed by atoms with E-state index in [1.165, 1.54) is 5.56 Å². The number of ketones is 1. The first-order valence-corrected chi connectivity index (χ1v) is 8.65. The first kappa shape index (κ1) is 18.1. The summed E-state index contributed by atoms with van der Waals surface area (Å²) in [6, 6.07) is 8.39. The highest BCUT2D eigenvalue weighted by Gasteiger charge is 2.15. The summed E-state index contributed by atoms with van der Waals surface area (Å²) in [6.45, 7) is 12.0. The van der Waals surface area contributed by atoms with Gasteiger partial charge in [0.15, 0.2) is 5.78 Å². The van der Waals surface area contributed by atoms with Crippen LogP contribution < -0.4 is 16.0 Å². The Morgan fingerprint density at radius 2 is 1.39 bits per heavy atom. The van der Waals surface area contributed by atoms with Crippen molar-refractivity contribution in [2.75, 3.05) is 52.4 Å². The van der Waals surface area contributed by atoms with Crippen LogP contribution in [0, 0.1) is 0 Å². The lowest BCUT2D eigenvalue weighted by molar-refractivity contribution is 0.101. The minimum Gasteiger partial charge on any atom is -0.314 e. The van der Waals surface area contributed by atoms with Gasteiger partial charge in [0.2, 0.25) is 0 Å². The molecule has 0 amide bonds. The maximum Gasteiger partial charge on any atom is 0.159 e. The molecule has 1 aliphatic heterocycles. The third kappa shape index (κ3) is 6.03. The molecule has 1 atom stereocenters. The minimum atomic E-state index is 0.123. The lowest BCUT2D eigenvalue weighted by Crippen LogP contribution is -2.42. The molecule has 0 saturated carbocycles. The summed E-state index contributed by atoms with van der Waals surface area (Å²) in [5, 5.41) is 10.4. The molecule has 5 heteroatoms. The number of nitrogens with zero attached hydrogens (tertiary/aromatic N) is 1. The second-order valence-electron chi connectivity index (χ2n) is 6.14. The Morgan fingerprint density at radius 3 is 1.87 bits per heavy atom. The molecule has 1 heterocycles. The number of hydrogen-bond acceptors (Lipinski definition) is 5. The molecular formula is C18H30N4O. The average molecular weight is 318 g/mol. The number of benzene rings is 1. The van der Waals surface area contributed by atoms with Crippen LogP contribution in [0.5, 0.6) is 0 Å². The third-order valence-corrected chi connectivity index (χ3v) is 4.46. The number of carbonyl (C=O) groups is 1. The van der Waals surface area contributed by atoms with Crippen LogP contribution in [0.4, 0.5) is 0 Å². The van der Waals surface area contributed by atoms with Crippen molar-refractivity contribution >= 4 is 5.78 Å². The highest BCUT2D eigenvalue weighted by Crippen LogP contribution is 2.20. The van der Waals surface area contributed by atoms with E-state index in [2.05, 4.69) is 39.9 Å². The fourth-order valence-electron chi connectivity index (χ4n) is 2.88. The van der Waals surface area contributed by atoms with E-state index in [1.54, 1.807) is 6.92 Å².